The second kappa shape index (κ2) is 63.1. The quantitative estimate of drug-likeness (QED) is 0.0261. The molecule has 0 saturated heterocycles. The molecule has 0 fully saturated rings. The Balaban J connectivity index is 4.18. The number of hydrogen-bond acceptors (Lipinski definition) is 6. The summed E-state index contributed by atoms with van der Waals surface area (Å²) in [5.74, 6) is -0.911. The molecule has 6 heteroatoms. The summed E-state index contributed by atoms with van der Waals surface area (Å²) in [5, 5.41) is 0. The van der Waals surface area contributed by atoms with E-state index in [9.17, 15) is 14.4 Å². The lowest BCUT2D eigenvalue weighted by Gasteiger charge is -2.18. The van der Waals surface area contributed by atoms with Crippen molar-refractivity contribution in [2.24, 2.45) is 0 Å². The van der Waals surface area contributed by atoms with Gasteiger partial charge in [0.25, 0.3) is 0 Å². The lowest BCUT2D eigenvalue weighted by molar-refractivity contribution is -0.167. The number of allylic oxidation sites excluding steroid dienone is 14. The summed E-state index contributed by atoms with van der Waals surface area (Å²) in [7, 11) is 0. The molecule has 0 heterocycles. The molecule has 0 aromatic carbocycles. The number of ether oxygens (including phenoxy) is 3. The molecular formula is C69H120O6. The summed E-state index contributed by atoms with van der Waals surface area (Å²) in [6, 6.07) is 0. The highest BCUT2D eigenvalue weighted by atomic mass is 16.6. The van der Waals surface area contributed by atoms with Gasteiger partial charge in [0.05, 0.1) is 0 Å². The number of carbonyl (C=O) groups is 3. The third-order valence-corrected chi connectivity index (χ3v) is 13.9. The van der Waals surface area contributed by atoms with Crippen LogP contribution in [-0.4, -0.2) is 37.2 Å². The average Bonchev–Trinajstić information content (AvgIpc) is 3.41. The molecule has 0 aliphatic rings. The number of rotatable bonds is 58. The molecule has 6 nitrogen and oxygen atoms in total. The molecule has 0 aliphatic heterocycles. The SMILES string of the molecule is CC/C=C\C/C=C\C/C=C\C/C=C\C/C=C\CCCCCC(=O)OC(COC(=O)CCCCCCCCCCC)COC(=O)CCCCCCCCCCCCCCCCCCC/C=C\C/C=C\CCCCCCC. The zero-order valence-electron chi connectivity index (χ0n) is 49.6. The van der Waals surface area contributed by atoms with Gasteiger partial charge in [0.15, 0.2) is 6.10 Å². The van der Waals surface area contributed by atoms with Crippen molar-refractivity contribution in [1.82, 2.24) is 0 Å². The summed E-state index contributed by atoms with van der Waals surface area (Å²) in [6.45, 7) is 6.49. The standard InChI is InChI=1S/C69H120O6/c1-4-7-10-13-16-19-21-23-25-27-29-30-31-32-33-34-35-36-37-38-40-41-43-45-47-50-53-56-59-62-68(71)74-65-66(64-73-67(70)61-58-55-52-49-18-15-12-9-6-3)75-69(72)63-60-57-54-51-48-46-44-42-39-28-26-24-22-20-17-14-11-8-5-2/h8,11,17,20-21,23-24,26-27,29,39,42,46,48,66H,4-7,9-10,12-16,18-19,22,25,28,30-38,40-41,43-45,47,49-65H2,1-3H3/b11-8-,20-17-,23-21-,26-24-,29-27-,42-39-,48-46-. The van der Waals surface area contributed by atoms with E-state index in [-0.39, 0.29) is 31.1 Å². The molecule has 0 rings (SSSR count). The molecule has 0 aromatic rings. The van der Waals surface area contributed by atoms with E-state index in [2.05, 4.69) is 106 Å². The van der Waals surface area contributed by atoms with Crippen LogP contribution in [-0.2, 0) is 28.6 Å². The molecule has 75 heavy (non-hydrogen) atoms. The van der Waals surface area contributed by atoms with Gasteiger partial charge in [0.2, 0.25) is 0 Å². The smallest absolute Gasteiger partial charge is 0.306 e. The minimum absolute atomic E-state index is 0.0870. The van der Waals surface area contributed by atoms with Crippen molar-refractivity contribution in [2.45, 2.75) is 322 Å². The number of carbonyl (C=O) groups excluding carboxylic acids is 3. The van der Waals surface area contributed by atoms with Gasteiger partial charge in [0, 0.05) is 19.3 Å². The lowest BCUT2D eigenvalue weighted by atomic mass is 10.0. The van der Waals surface area contributed by atoms with Crippen LogP contribution in [0.2, 0.25) is 0 Å². The monoisotopic (exact) mass is 1040 g/mol. The minimum Gasteiger partial charge on any atom is -0.462 e. The Labute approximate surface area is 465 Å². The van der Waals surface area contributed by atoms with Gasteiger partial charge in [-0.3, -0.25) is 14.4 Å². The Morgan fingerprint density at radius 1 is 0.280 bits per heavy atom. The molecular weight excluding hydrogens is 925 g/mol. The van der Waals surface area contributed by atoms with E-state index >= 15 is 0 Å². The first-order valence-corrected chi connectivity index (χ1v) is 32.1. The fourth-order valence-electron chi connectivity index (χ4n) is 9.09. The van der Waals surface area contributed by atoms with Gasteiger partial charge in [-0.15, -0.1) is 0 Å². The molecule has 432 valence electrons. The molecule has 0 saturated carbocycles. The average molecular weight is 1050 g/mol. The molecule has 0 N–H and O–H groups in total. The van der Waals surface area contributed by atoms with Crippen molar-refractivity contribution in [3.8, 4) is 0 Å². The van der Waals surface area contributed by atoms with Gasteiger partial charge in [-0.2, -0.15) is 0 Å². The highest BCUT2D eigenvalue weighted by Gasteiger charge is 2.19. The predicted octanol–water partition coefficient (Wildman–Crippen LogP) is 21.9. The summed E-state index contributed by atoms with van der Waals surface area (Å²) in [5.41, 5.74) is 0. The van der Waals surface area contributed by atoms with Crippen LogP contribution in [0.15, 0.2) is 85.1 Å². The van der Waals surface area contributed by atoms with Crippen LogP contribution in [0.3, 0.4) is 0 Å². The van der Waals surface area contributed by atoms with Gasteiger partial charge < -0.3 is 14.2 Å². The van der Waals surface area contributed by atoms with Crippen LogP contribution in [0, 0.1) is 0 Å². The Bertz CT molecular complexity index is 1430. The Hall–Kier alpha value is -3.41. The molecule has 0 spiro atoms. The Morgan fingerprint density at radius 3 is 0.827 bits per heavy atom. The molecule has 0 bridgehead atoms. The van der Waals surface area contributed by atoms with Crippen LogP contribution < -0.4 is 0 Å². The van der Waals surface area contributed by atoms with Crippen molar-refractivity contribution in [2.75, 3.05) is 13.2 Å². The first kappa shape index (κ1) is 71.6. The molecule has 1 atom stereocenters. The lowest BCUT2D eigenvalue weighted by Crippen LogP contribution is -2.30. The topological polar surface area (TPSA) is 78.9 Å². The van der Waals surface area contributed by atoms with Gasteiger partial charge in [0.1, 0.15) is 13.2 Å². The van der Waals surface area contributed by atoms with Crippen molar-refractivity contribution in [3.63, 3.8) is 0 Å². The summed E-state index contributed by atoms with van der Waals surface area (Å²) in [6.07, 6.45) is 83.3. The van der Waals surface area contributed by atoms with Crippen molar-refractivity contribution in [3.05, 3.63) is 85.1 Å². The van der Waals surface area contributed by atoms with Crippen LogP contribution in [0.25, 0.3) is 0 Å². The maximum Gasteiger partial charge on any atom is 0.306 e. The first-order valence-electron chi connectivity index (χ1n) is 32.1. The molecule has 0 amide bonds. The number of esters is 3. The minimum atomic E-state index is -0.792. The Morgan fingerprint density at radius 2 is 0.520 bits per heavy atom. The first-order chi connectivity index (χ1) is 37.0. The third kappa shape index (κ3) is 61.3. The summed E-state index contributed by atoms with van der Waals surface area (Å²) < 4.78 is 16.8. The maximum atomic E-state index is 12.9. The van der Waals surface area contributed by atoms with Crippen molar-refractivity contribution in [1.29, 1.82) is 0 Å². The van der Waals surface area contributed by atoms with E-state index < -0.39 is 6.10 Å². The van der Waals surface area contributed by atoms with E-state index in [1.807, 2.05) is 0 Å². The van der Waals surface area contributed by atoms with Crippen molar-refractivity contribution >= 4 is 17.9 Å². The van der Waals surface area contributed by atoms with E-state index in [0.717, 1.165) is 103 Å². The van der Waals surface area contributed by atoms with Gasteiger partial charge in [-0.1, -0.05) is 286 Å². The van der Waals surface area contributed by atoms with Crippen LogP contribution in [0.4, 0.5) is 0 Å². The van der Waals surface area contributed by atoms with Crippen LogP contribution in [0.1, 0.15) is 316 Å². The largest absolute Gasteiger partial charge is 0.462 e. The fourth-order valence-corrected chi connectivity index (χ4v) is 9.09. The summed E-state index contributed by atoms with van der Waals surface area (Å²) >= 11 is 0. The highest BCUT2D eigenvalue weighted by Crippen LogP contribution is 2.17. The second-order valence-corrected chi connectivity index (χ2v) is 21.3. The molecule has 1 unspecified atom stereocenters. The van der Waals surface area contributed by atoms with E-state index in [1.165, 1.54) is 173 Å². The Kier molecular flexibility index (Phi) is 60.3. The molecule has 0 aliphatic carbocycles. The number of hydrogen-bond donors (Lipinski definition) is 0. The number of unbranched alkanes of at least 4 members (excludes halogenated alkanes) is 33. The van der Waals surface area contributed by atoms with Crippen molar-refractivity contribution < 1.29 is 28.6 Å². The summed E-state index contributed by atoms with van der Waals surface area (Å²) in [4.78, 5) is 38.1. The zero-order valence-corrected chi connectivity index (χ0v) is 49.6. The van der Waals surface area contributed by atoms with Gasteiger partial charge in [-0.05, 0) is 96.3 Å². The normalized spacial score (nSPS) is 12.6. The zero-order chi connectivity index (χ0) is 54.3. The highest BCUT2D eigenvalue weighted by molar-refractivity contribution is 5.71. The van der Waals surface area contributed by atoms with Crippen LogP contribution in [0.5, 0.6) is 0 Å². The fraction of sp³-hybridized carbons (Fsp3) is 0.754. The maximum absolute atomic E-state index is 12.9. The predicted molar refractivity (Wildman–Crippen MR) is 325 cm³/mol. The van der Waals surface area contributed by atoms with Crippen LogP contribution >= 0.6 is 0 Å². The van der Waals surface area contributed by atoms with E-state index in [1.54, 1.807) is 0 Å². The third-order valence-electron chi connectivity index (χ3n) is 13.9. The van der Waals surface area contributed by atoms with E-state index in [4.69, 9.17) is 14.2 Å². The van der Waals surface area contributed by atoms with Gasteiger partial charge >= 0.3 is 17.9 Å². The van der Waals surface area contributed by atoms with E-state index in [0.29, 0.717) is 19.3 Å². The molecule has 0 aromatic heterocycles. The molecule has 0 radical (unpaired) electrons. The van der Waals surface area contributed by atoms with Gasteiger partial charge in [-0.25, -0.2) is 0 Å². The second-order valence-electron chi connectivity index (χ2n) is 21.3.